The van der Waals surface area contributed by atoms with Gasteiger partial charge in [0.05, 0.1) is 0 Å². The first kappa shape index (κ1) is 19.0. The second kappa shape index (κ2) is 10.6. The van der Waals surface area contributed by atoms with Gasteiger partial charge in [-0.2, -0.15) is 0 Å². The molecule has 1 unspecified atom stereocenters. The van der Waals surface area contributed by atoms with Crippen LogP contribution in [-0.4, -0.2) is 37.8 Å². The van der Waals surface area contributed by atoms with Crippen LogP contribution in [0.4, 0.5) is 0 Å². The SMILES string of the molecule is CC(=O)OCC(COc1ccc(CCCCN)cc1)OC(C)=O. The quantitative estimate of drug-likeness (QED) is 0.522. The lowest BCUT2D eigenvalue weighted by atomic mass is 10.1. The third kappa shape index (κ3) is 8.83. The first-order valence-corrected chi connectivity index (χ1v) is 7.73. The zero-order valence-electron chi connectivity index (χ0n) is 13.7. The lowest BCUT2D eigenvalue weighted by Gasteiger charge is -2.17. The number of carbonyl (C=O) groups excluding carboxylic acids is 2. The van der Waals surface area contributed by atoms with Crippen molar-refractivity contribution in [2.75, 3.05) is 19.8 Å². The van der Waals surface area contributed by atoms with Crippen LogP contribution in [0.1, 0.15) is 32.3 Å². The number of carbonyl (C=O) groups is 2. The molecule has 0 aliphatic carbocycles. The highest BCUT2D eigenvalue weighted by Gasteiger charge is 2.15. The maximum atomic E-state index is 11.1. The fourth-order valence-corrected chi connectivity index (χ4v) is 1.98. The van der Waals surface area contributed by atoms with E-state index in [0.29, 0.717) is 12.3 Å². The van der Waals surface area contributed by atoms with E-state index < -0.39 is 18.0 Å². The van der Waals surface area contributed by atoms with Crippen molar-refractivity contribution >= 4 is 11.9 Å². The Labute approximate surface area is 136 Å². The van der Waals surface area contributed by atoms with E-state index in [1.807, 2.05) is 24.3 Å². The van der Waals surface area contributed by atoms with Gasteiger partial charge in [0, 0.05) is 13.8 Å². The standard InChI is InChI=1S/C17H25NO5/c1-13(19)21-11-17(23-14(2)20)12-22-16-8-6-15(7-9-16)5-3-4-10-18/h6-9,17H,3-5,10-12,18H2,1-2H3. The van der Waals surface area contributed by atoms with Gasteiger partial charge in [0.15, 0.2) is 6.10 Å². The maximum absolute atomic E-state index is 11.1. The number of unbranched alkanes of at least 4 members (excludes halogenated alkanes) is 1. The molecule has 0 heterocycles. The molecule has 0 spiro atoms. The van der Waals surface area contributed by atoms with E-state index in [0.717, 1.165) is 19.3 Å². The van der Waals surface area contributed by atoms with Crippen LogP contribution in [0, 0.1) is 0 Å². The van der Waals surface area contributed by atoms with E-state index in [9.17, 15) is 9.59 Å². The fourth-order valence-electron chi connectivity index (χ4n) is 1.98. The Morgan fingerprint density at radius 3 is 2.30 bits per heavy atom. The Balaban J connectivity index is 2.45. The van der Waals surface area contributed by atoms with Crippen LogP contribution in [0.15, 0.2) is 24.3 Å². The molecule has 1 rings (SSSR count). The van der Waals surface area contributed by atoms with E-state index in [2.05, 4.69) is 0 Å². The molecule has 0 aliphatic heterocycles. The average molecular weight is 323 g/mol. The molecule has 1 aromatic rings. The second-order valence-electron chi connectivity index (χ2n) is 5.23. The minimum absolute atomic E-state index is 0.0217. The van der Waals surface area contributed by atoms with E-state index in [1.54, 1.807) is 0 Å². The summed E-state index contributed by atoms with van der Waals surface area (Å²) < 4.78 is 15.5. The highest BCUT2D eigenvalue weighted by Crippen LogP contribution is 2.14. The molecule has 6 nitrogen and oxygen atoms in total. The average Bonchev–Trinajstić information content (AvgIpc) is 2.51. The van der Waals surface area contributed by atoms with Crippen LogP contribution < -0.4 is 10.5 Å². The van der Waals surface area contributed by atoms with Crippen molar-refractivity contribution in [3.63, 3.8) is 0 Å². The first-order chi connectivity index (χ1) is 11.0. The van der Waals surface area contributed by atoms with Crippen molar-refractivity contribution in [1.82, 2.24) is 0 Å². The molecule has 128 valence electrons. The molecule has 2 N–H and O–H groups in total. The lowest BCUT2D eigenvalue weighted by molar-refractivity contribution is -0.158. The highest BCUT2D eigenvalue weighted by atomic mass is 16.6. The molecule has 1 aromatic carbocycles. The molecule has 0 radical (unpaired) electrons. The van der Waals surface area contributed by atoms with Gasteiger partial charge in [-0.25, -0.2) is 0 Å². The van der Waals surface area contributed by atoms with Crippen molar-refractivity contribution in [3.8, 4) is 5.75 Å². The monoisotopic (exact) mass is 323 g/mol. The van der Waals surface area contributed by atoms with Crippen LogP contribution >= 0.6 is 0 Å². The molecule has 6 heteroatoms. The van der Waals surface area contributed by atoms with Crippen molar-refractivity contribution < 1.29 is 23.8 Å². The fraction of sp³-hybridized carbons (Fsp3) is 0.529. The summed E-state index contributed by atoms with van der Waals surface area (Å²) in [5.74, 6) is -0.197. The first-order valence-electron chi connectivity index (χ1n) is 7.73. The molecular formula is C17H25NO5. The summed E-state index contributed by atoms with van der Waals surface area (Å²) >= 11 is 0. The molecule has 1 atom stereocenters. The summed E-state index contributed by atoms with van der Waals surface area (Å²) in [6.07, 6.45) is 2.44. The molecule has 0 bridgehead atoms. The largest absolute Gasteiger partial charge is 0.490 e. The highest BCUT2D eigenvalue weighted by molar-refractivity contribution is 5.67. The van der Waals surface area contributed by atoms with Gasteiger partial charge >= 0.3 is 11.9 Å². The van der Waals surface area contributed by atoms with Crippen LogP contribution in [0.25, 0.3) is 0 Å². The number of rotatable bonds is 10. The van der Waals surface area contributed by atoms with Crippen molar-refractivity contribution in [3.05, 3.63) is 29.8 Å². The third-order valence-corrected chi connectivity index (χ3v) is 3.08. The number of hydrogen-bond acceptors (Lipinski definition) is 6. The van der Waals surface area contributed by atoms with Crippen LogP contribution in [0.5, 0.6) is 5.75 Å². The number of benzene rings is 1. The van der Waals surface area contributed by atoms with Gasteiger partial charge in [-0.15, -0.1) is 0 Å². The Morgan fingerprint density at radius 2 is 1.74 bits per heavy atom. The van der Waals surface area contributed by atoms with Crippen molar-refractivity contribution in [2.45, 2.75) is 39.2 Å². The van der Waals surface area contributed by atoms with Gasteiger partial charge in [0.1, 0.15) is 19.0 Å². The summed E-state index contributed by atoms with van der Waals surface area (Å²) in [4.78, 5) is 21.9. The maximum Gasteiger partial charge on any atom is 0.303 e. The zero-order valence-corrected chi connectivity index (χ0v) is 13.7. The number of nitrogens with two attached hydrogens (primary N) is 1. The topological polar surface area (TPSA) is 87.8 Å². The predicted octanol–water partition coefficient (Wildman–Crippen LogP) is 1.84. The number of aryl methyl sites for hydroxylation is 1. The van der Waals surface area contributed by atoms with Crippen molar-refractivity contribution in [1.29, 1.82) is 0 Å². The Hall–Kier alpha value is -2.08. The molecule has 0 amide bonds. The Kier molecular flexibility index (Phi) is 8.75. The molecule has 0 fully saturated rings. The Bertz CT molecular complexity index is 486. The van der Waals surface area contributed by atoms with E-state index in [1.165, 1.54) is 19.4 Å². The Morgan fingerprint density at radius 1 is 1.04 bits per heavy atom. The lowest BCUT2D eigenvalue weighted by Crippen LogP contribution is -2.29. The van der Waals surface area contributed by atoms with Gasteiger partial charge < -0.3 is 19.9 Å². The smallest absolute Gasteiger partial charge is 0.303 e. The van der Waals surface area contributed by atoms with Gasteiger partial charge in [-0.05, 0) is 43.5 Å². The molecule has 0 saturated carbocycles. The van der Waals surface area contributed by atoms with Crippen LogP contribution in [0.2, 0.25) is 0 Å². The van der Waals surface area contributed by atoms with E-state index in [4.69, 9.17) is 19.9 Å². The van der Waals surface area contributed by atoms with Crippen LogP contribution in [0.3, 0.4) is 0 Å². The zero-order chi connectivity index (χ0) is 17.1. The minimum atomic E-state index is -0.624. The van der Waals surface area contributed by atoms with E-state index in [-0.39, 0.29) is 13.2 Å². The summed E-state index contributed by atoms with van der Waals surface area (Å²) in [6.45, 7) is 3.42. The van der Waals surface area contributed by atoms with E-state index >= 15 is 0 Å². The van der Waals surface area contributed by atoms with Crippen LogP contribution in [-0.2, 0) is 25.5 Å². The predicted molar refractivity (Wildman–Crippen MR) is 86.1 cm³/mol. The minimum Gasteiger partial charge on any atom is -0.490 e. The summed E-state index contributed by atoms with van der Waals surface area (Å²) in [6, 6.07) is 7.74. The molecular weight excluding hydrogens is 298 g/mol. The van der Waals surface area contributed by atoms with Gasteiger partial charge in [0.2, 0.25) is 0 Å². The second-order valence-corrected chi connectivity index (χ2v) is 5.23. The molecule has 0 saturated heterocycles. The summed E-state index contributed by atoms with van der Waals surface area (Å²) in [7, 11) is 0. The number of esters is 2. The third-order valence-electron chi connectivity index (χ3n) is 3.08. The number of ether oxygens (including phenoxy) is 3. The molecule has 23 heavy (non-hydrogen) atoms. The van der Waals surface area contributed by atoms with Gasteiger partial charge in [-0.3, -0.25) is 9.59 Å². The number of hydrogen-bond donors (Lipinski definition) is 1. The van der Waals surface area contributed by atoms with Gasteiger partial charge in [-0.1, -0.05) is 12.1 Å². The van der Waals surface area contributed by atoms with Crippen molar-refractivity contribution in [2.24, 2.45) is 5.73 Å². The van der Waals surface area contributed by atoms with Gasteiger partial charge in [0.25, 0.3) is 0 Å². The normalized spacial score (nSPS) is 11.6. The summed E-state index contributed by atoms with van der Waals surface area (Å²) in [5, 5.41) is 0. The molecule has 0 aliphatic rings. The molecule has 0 aromatic heterocycles. The summed E-state index contributed by atoms with van der Waals surface area (Å²) in [5.41, 5.74) is 6.70.